The maximum absolute atomic E-state index is 2.99. The Bertz CT molecular complexity index is 744. The third kappa shape index (κ3) is 5.26. The zero-order valence-electron chi connectivity index (χ0n) is 13.1. The normalized spacial score (nSPS) is 11.8. The maximum Gasteiger partial charge on any atom is -0.0771 e. The number of hydrogen-bond donors (Lipinski definition) is 0. The Hall–Kier alpha value is -1.12. The van der Waals surface area contributed by atoms with Crippen molar-refractivity contribution >= 4 is 27.0 Å². The molecule has 0 nitrogen and oxygen atoms in total. The predicted molar refractivity (Wildman–Crippen MR) is 96.1 cm³/mol. The number of hydrogen-bond acceptors (Lipinski definition) is 0. The molecule has 1 aliphatic carbocycles. The molecule has 3 aromatic carbocycles. The van der Waals surface area contributed by atoms with Crippen LogP contribution < -0.4 is 0 Å². The summed E-state index contributed by atoms with van der Waals surface area (Å²) in [6, 6.07) is 19.3. The van der Waals surface area contributed by atoms with Crippen LogP contribution in [0.15, 0.2) is 72.8 Å². The summed E-state index contributed by atoms with van der Waals surface area (Å²) in [5.41, 5.74) is 0.259. The molecule has 0 heterocycles. The van der Waals surface area contributed by atoms with E-state index in [9.17, 15) is 0 Å². The second-order valence-corrected chi connectivity index (χ2v) is 18.1. The van der Waals surface area contributed by atoms with Gasteiger partial charge in [0.1, 0.15) is 0 Å². The third-order valence-electron chi connectivity index (χ3n) is 3.11. The van der Waals surface area contributed by atoms with Crippen LogP contribution >= 0.6 is 0 Å². The van der Waals surface area contributed by atoms with Crippen LogP contribution in [-0.2, 0) is 23.0 Å². The first-order valence-electron chi connectivity index (χ1n) is 7.45. The molecular formula is C20H20HfSi. The molecule has 0 N–H and O–H groups in total. The fourth-order valence-corrected chi connectivity index (χ4v) is 2.24. The molecule has 0 spiro atoms. The van der Waals surface area contributed by atoms with Crippen molar-refractivity contribution < 1.29 is 23.0 Å². The number of benzene rings is 2. The molecular weight excluding hydrogens is 447 g/mol. The monoisotopic (exact) mass is 468 g/mol. The average Bonchev–Trinajstić information content (AvgIpc) is 3.18. The average molecular weight is 467 g/mol. The van der Waals surface area contributed by atoms with Crippen molar-refractivity contribution in [3.8, 4) is 0 Å². The molecule has 0 fully saturated rings. The van der Waals surface area contributed by atoms with Gasteiger partial charge in [-0.3, -0.25) is 6.08 Å². The van der Waals surface area contributed by atoms with Gasteiger partial charge in [-0.1, -0.05) is 36.4 Å². The molecule has 2 heteroatoms. The van der Waals surface area contributed by atoms with E-state index in [0.29, 0.717) is 0 Å². The molecule has 0 radical (unpaired) electrons. The molecule has 0 amide bonds. The Morgan fingerprint density at radius 1 is 0.955 bits per heavy atom. The largest absolute Gasteiger partial charge is 0.273 e. The second kappa shape index (κ2) is 9.11. The maximum atomic E-state index is 2.99. The van der Waals surface area contributed by atoms with E-state index in [4.69, 9.17) is 0 Å². The minimum Gasteiger partial charge on any atom is -0.273 e. The summed E-state index contributed by atoms with van der Waals surface area (Å²) in [5.74, 6) is 0. The molecule has 22 heavy (non-hydrogen) atoms. The minimum absolute atomic E-state index is 0.259. The van der Waals surface area contributed by atoms with Crippen molar-refractivity contribution in [2.75, 3.05) is 0 Å². The molecule has 0 bridgehead atoms. The van der Waals surface area contributed by atoms with E-state index in [1.54, 1.807) is 0 Å². The third-order valence-corrected chi connectivity index (χ3v) is 3.11. The van der Waals surface area contributed by atoms with E-state index in [1.165, 1.54) is 44.5 Å². The zero-order valence-corrected chi connectivity index (χ0v) is 17.7. The van der Waals surface area contributed by atoms with Crippen molar-refractivity contribution in [3.63, 3.8) is 0 Å². The van der Waals surface area contributed by atoms with Crippen LogP contribution in [0.2, 0.25) is 13.1 Å². The zero-order chi connectivity index (χ0) is 15.8. The van der Waals surface area contributed by atoms with Crippen LogP contribution in [0.1, 0.15) is 6.42 Å². The van der Waals surface area contributed by atoms with Gasteiger partial charge in [-0.15, -0.1) is 46.2 Å². The summed E-state index contributed by atoms with van der Waals surface area (Å²) in [7, 11) is 0. The van der Waals surface area contributed by atoms with E-state index in [0.717, 1.165) is 6.42 Å². The summed E-state index contributed by atoms with van der Waals surface area (Å²) >= 11 is 1.45. The van der Waals surface area contributed by atoms with Crippen molar-refractivity contribution in [1.82, 2.24) is 0 Å². The Kier molecular flexibility index (Phi) is 7.14. The molecule has 1 aliphatic rings. The molecule has 3 aromatic rings. The summed E-state index contributed by atoms with van der Waals surface area (Å²) < 4.78 is 0. The van der Waals surface area contributed by atoms with Crippen molar-refractivity contribution in [2.24, 2.45) is 0 Å². The first-order valence-corrected chi connectivity index (χ1v) is 15.3. The molecule has 0 aromatic heterocycles. The quantitative estimate of drug-likeness (QED) is 0.290. The summed E-state index contributed by atoms with van der Waals surface area (Å²) in [4.78, 5) is 0. The molecule has 0 saturated carbocycles. The molecule has 4 rings (SSSR count). The summed E-state index contributed by atoms with van der Waals surface area (Å²) in [6.45, 7) is 4.66. The van der Waals surface area contributed by atoms with Gasteiger partial charge < -0.3 is 0 Å². The number of fused-ring (bicyclic) bond motifs is 3. The van der Waals surface area contributed by atoms with Gasteiger partial charge in [0.15, 0.2) is 0 Å². The van der Waals surface area contributed by atoms with Crippen molar-refractivity contribution in [3.05, 3.63) is 78.9 Å². The molecule has 0 saturated heterocycles. The van der Waals surface area contributed by atoms with Gasteiger partial charge in [0, 0.05) is 0 Å². The topological polar surface area (TPSA) is 0 Å². The predicted octanol–water partition coefficient (Wildman–Crippen LogP) is 5.80. The van der Waals surface area contributed by atoms with Crippen molar-refractivity contribution in [2.45, 2.75) is 19.5 Å². The van der Waals surface area contributed by atoms with Gasteiger partial charge in [0.2, 0.25) is 0 Å². The van der Waals surface area contributed by atoms with Gasteiger partial charge in [0.05, 0.1) is 0 Å². The standard InChI is InChI=1S/C13H9.C5H5.C2H6Si.Hf/c1-3-7-12-10(5-1)9-11-6-2-4-8-13(11)12;1-2-4-5-3-1;1-3-2;/h1-9H;1-3H,4H2;1-2H3;/q2*-1;;+2. The van der Waals surface area contributed by atoms with E-state index in [2.05, 4.69) is 79.8 Å². The Morgan fingerprint density at radius 3 is 1.82 bits per heavy atom. The number of allylic oxidation sites excluding steroid dienone is 4. The Labute approximate surface area is 148 Å². The van der Waals surface area contributed by atoms with Crippen LogP contribution in [0, 0.1) is 6.08 Å². The first kappa shape index (κ1) is 17.2. The van der Waals surface area contributed by atoms with E-state index >= 15 is 0 Å². The van der Waals surface area contributed by atoms with Gasteiger partial charge in [0.25, 0.3) is 0 Å². The van der Waals surface area contributed by atoms with Crippen LogP contribution in [0.5, 0.6) is 0 Å². The Morgan fingerprint density at radius 2 is 1.45 bits per heavy atom. The summed E-state index contributed by atoms with van der Waals surface area (Å²) in [5, 5.41) is 5.39. The summed E-state index contributed by atoms with van der Waals surface area (Å²) in [6.07, 6.45) is 10.0. The van der Waals surface area contributed by atoms with E-state index in [1.807, 2.05) is 12.2 Å². The molecule has 0 unspecified atom stereocenters. The van der Waals surface area contributed by atoms with Gasteiger partial charge in [-0.2, -0.15) is 6.08 Å². The Balaban J connectivity index is 0.000000163. The van der Waals surface area contributed by atoms with Gasteiger partial charge in [-0.25, -0.2) is 12.2 Å². The van der Waals surface area contributed by atoms with Crippen LogP contribution in [-0.4, -0.2) is 5.49 Å². The van der Waals surface area contributed by atoms with Crippen LogP contribution in [0.4, 0.5) is 0 Å². The second-order valence-electron chi connectivity index (χ2n) is 5.32. The SMILES string of the molecule is C[Si](C)=[Hf+2].[C-]1=CC=CC1.c1ccc2c(c1)[cH-]c1ccccc12. The van der Waals surface area contributed by atoms with Crippen LogP contribution in [0.25, 0.3) is 21.5 Å². The minimum atomic E-state index is 0.259. The van der Waals surface area contributed by atoms with Gasteiger partial charge in [-0.05, 0) is 0 Å². The van der Waals surface area contributed by atoms with Crippen molar-refractivity contribution in [1.29, 1.82) is 0 Å². The fraction of sp³-hybridized carbons (Fsp3) is 0.150. The molecule has 108 valence electrons. The fourth-order valence-electron chi connectivity index (χ4n) is 2.24. The molecule has 0 aliphatic heterocycles. The smallest absolute Gasteiger partial charge is 0.0771 e. The number of rotatable bonds is 0. The molecule has 0 atom stereocenters. The van der Waals surface area contributed by atoms with E-state index < -0.39 is 0 Å². The van der Waals surface area contributed by atoms with E-state index in [-0.39, 0.29) is 5.49 Å². The van der Waals surface area contributed by atoms with Gasteiger partial charge >= 0.3 is 41.6 Å². The van der Waals surface area contributed by atoms with Crippen LogP contribution in [0.3, 0.4) is 0 Å². The first-order chi connectivity index (χ1) is 10.7.